The smallest absolute Gasteiger partial charge is 0.332 e. The molecule has 0 N–H and O–H groups in total. The number of hydrogen-bond donors (Lipinski definition) is 0. The minimum absolute atomic E-state index is 0.0793. The Bertz CT molecular complexity index is 513. The van der Waals surface area contributed by atoms with Gasteiger partial charge in [-0.3, -0.25) is 0 Å². The fourth-order valence-electron chi connectivity index (χ4n) is 2.63. The Morgan fingerprint density at radius 2 is 0.718 bits per heavy atom. The second kappa shape index (κ2) is 28.6. The standard InChI is InChI=1S/C27H54O12/c1-25(2)38-23-22-36-19-18-34-15-14-32-11-10-30-7-6-29-8-9-31-12-13-33-16-17-35-20-21-37-24-26(28)39-27(3,4)5/h25H,6-24H2,1-5H3. The Balaban J connectivity index is 3.10. The van der Waals surface area contributed by atoms with E-state index in [1.807, 2.05) is 34.6 Å². The van der Waals surface area contributed by atoms with Crippen LogP contribution in [0.5, 0.6) is 0 Å². The number of carbonyl (C=O) groups excluding carboxylic acids is 1. The highest BCUT2D eigenvalue weighted by Gasteiger charge is 2.15. The van der Waals surface area contributed by atoms with Crippen molar-refractivity contribution < 1.29 is 56.9 Å². The van der Waals surface area contributed by atoms with Crippen LogP contribution in [0.2, 0.25) is 0 Å². The number of ether oxygens (including phenoxy) is 11. The van der Waals surface area contributed by atoms with Crippen molar-refractivity contribution in [2.24, 2.45) is 0 Å². The summed E-state index contributed by atoms with van der Waals surface area (Å²) >= 11 is 0. The first-order valence-electron chi connectivity index (χ1n) is 13.8. The SMILES string of the molecule is CC(C)OCCOCCOCCOCCOCCOCCOCCOCCOCCOCC(=O)OC(C)(C)C. The summed E-state index contributed by atoms with van der Waals surface area (Å²) in [6.07, 6.45) is 0.229. The van der Waals surface area contributed by atoms with Crippen molar-refractivity contribution >= 4 is 5.97 Å². The third-order valence-corrected chi connectivity index (χ3v) is 4.29. The zero-order valence-electron chi connectivity index (χ0n) is 24.9. The van der Waals surface area contributed by atoms with Crippen LogP contribution >= 0.6 is 0 Å². The summed E-state index contributed by atoms with van der Waals surface area (Å²) in [5.74, 6) is -0.384. The molecule has 39 heavy (non-hydrogen) atoms. The van der Waals surface area contributed by atoms with Gasteiger partial charge in [-0.25, -0.2) is 4.79 Å². The van der Waals surface area contributed by atoms with Crippen molar-refractivity contribution in [3.8, 4) is 0 Å². The number of carbonyl (C=O) groups is 1. The van der Waals surface area contributed by atoms with Crippen LogP contribution in [0.1, 0.15) is 34.6 Å². The fraction of sp³-hybridized carbons (Fsp3) is 0.963. The van der Waals surface area contributed by atoms with E-state index in [1.54, 1.807) is 0 Å². The van der Waals surface area contributed by atoms with Crippen LogP contribution in [0.3, 0.4) is 0 Å². The topological polar surface area (TPSA) is 119 Å². The maximum atomic E-state index is 11.5. The lowest BCUT2D eigenvalue weighted by atomic mass is 10.2. The maximum Gasteiger partial charge on any atom is 0.332 e. The molecular formula is C27H54O12. The molecule has 0 aromatic carbocycles. The molecular weight excluding hydrogens is 516 g/mol. The zero-order valence-corrected chi connectivity index (χ0v) is 24.9. The normalized spacial score (nSPS) is 11.9. The summed E-state index contributed by atoms with van der Waals surface area (Å²) in [7, 11) is 0. The molecule has 0 heterocycles. The quantitative estimate of drug-likeness (QED) is 0.0927. The van der Waals surface area contributed by atoms with Crippen molar-refractivity contribution in [2.45, 2.75) is 46.3 Å². The van der Waals surface area contributed by atoms with Gasteiger partial charge < -0.3 is 52.1 Å². The second-order valence-electron chi connectivity index (χ2n) is 9.46. The van der Waals surface area contributed by atoms with E-state index in [2.05, 4.69) is 0 Å². The summed E-state index contributed by atoms with van der Waals surface area (Å²) in [6.45, 7) is 18.3. The van der Waals surface area contributed by atoms with Gasteiger partial charge in [0.05, 0.1) is 125 Å². The molecule has 0 aromatic rings. The third-order valence-electron chi connectivity index (χ3n) is 4.29. The highest BCUT2D eigenvalue weighted by molar-refractivity contribution is 5.71. The van der Waals surface area contributed by atoms with Crippen LogP contribution in [0.15, 0.2) is 0 Å². The molecule has 0 aliphatic heterocycles. The largest absolute Gasteiger partial charge is 0.458 e. The van der Waals surface area contributed by atoms with Crippen LogP contribution in [0.4, 0.5) is 0 Å². The van der Waals surface area contributed by atoms with Gasteiger partial charge in [-0.05, 0) is 34.6 Å². The lowest BCUT2D eigenvalue weighted by Crippen LogP contribution is -2.27. The molecule has 0 fully saturated rings. The molecule has 0 aromatic heterocycles. The summed E-state index contributed by atoms with van der Waals surface area (Å²) < 4.78 is 59.1. The first-order valence-corrected chi connectivity index (χ1v) is 13.8. The van der Waals surface area contributed by atoms with Gasteiger partial charge in [0.25, 0.3) is 0 Å². The van der Waals surface area contributed by atoms with Crippen LogP contribution in [-0.2, 0) is 56.9 Å². The van der Waals surface area contributed by atoms with Crippen LogP contribution in [0.25, 0.3) is 0 Å². The van der Waals surface area contributed by atoms with Crippen LogP contribution in [0, 0.1) is 0 Å². The van der Waals surface area contributed by atoms with Gasteiger partial charge in [-0.1, -0.05) is 0 Å². The molecule has 12 nitrogen and oxygen atoms in total. The lowest BCUT2D eigenvalue weighted by molar-refractivity contribution is -0.160. The second-order valence-corrected chi connectivity index (χ2v) is 9.46. The highest BCUT2D eigenvalue weighted by Crippen LogP contribution is 2.06. The Morgan fingerprint density at radius 1 is 0.462 bits per heavy atom. The first kappa shape index (κ1) is 38.1. The minimum Gasteiger partial charge on any atom is -0.458 e. The van der Waals surface area contributed by atoms with Gasteiger partial charge >= 0.3 is 5.97 Å². The predicted octanol–water partition coefficient (Wildman–Crippen LogP) is 1.90. The molecule has 0 aliphatic carbocycles. The molecule has 0 saturated heterocycles. The van der Waals surface area contributed by atoms with Crippen LogP contribution in [-0.4, -0.2) is 143 Å². The summed E-state index contributed by atoms with van der Waals surface area (Å²) in [6, 6.07) is 0. The molecule has 0 aliphatic rings. The number of esters is 1. The molecule has 0 unspecified atom stereocenters. The average Bonchev–Trinajstić information content (AvgIpc) is 2.86. The highest BCUT2D eigenvalue weighted by atomic mass is 16.6. The van der Waals surface area contributed by atoms with Gasteiger partial charge in [0.1, 0.15) is 12.2 Å². The summed E-state index contributed by atoms with van der Waals surface area (Å²) in [5, 5.41) is 0. The van der Waals surface area contributed by atoms with E-state index in [4.69, 9.17) is 52.1 Å². The average molecular weight is 571 g/mol. The summed E-state index contributed by atoms with van der Waals surface area (Å²) in [4.78, 5) is 11.5. The van der Waals surface area contributed by atoms with E-state index in [0.717, 1.165) is 0 Å². The number of hydrogen-bond acceptors (Lipinski definition) is 12. The lowest BCUT2D eigenvalue weighted by Gasteiger charge is -2.19. The molecule has 0 atom stereocenters. The first-order chi connectivity index (χ1) is 18.8. The van der Waals surface area contributed by atoms with E-state index in [-0.39, 0.29) is 18.7 Å². The van der Waals surface area contributed by atoms with E-state index >= 15 is 0 Å². The van der Waals surface area contributed by atoms with Crippen molar-refractivity contribution in [2.75, 3.05) is 126 Å². The molecule has 0 radical (unpaired) electrons. The zero-order chi connectivity index (χ0) is 28.9. The molecule has 0 bridgehead atoms. The van der Waals surface area contributed by atoms with E-state index < -0.39 is 5.60 Å². The van der Waals surface area contributed by atoms with E-state index in [9.17, 15) is 4.79 Å². The molecule has 12 heteroatoms. The Labute approximate surface area is 235 Å². The maximum absolute atomic E-state index is 11.5. The molecule has 234 valence electrons. The van der Waals surface area contributed by atoms with Gasteiger partial charge in [0, 0.05) is 0 Å². The van der Waals surface area contributed by atoms with Gasteiger partial charge in [0.2, 0.25) is 0 Å². The van der Waals surface area contributed by atoms with Crippen molar-refractivity contribution in [3.05, 3.63) is 0 Å². The minimum atomic E-state index is -0.506. The molecule has 0 rings (SSSR count). The van der Waals surface area contributed by atoms with Crippen molar-refractivity contribution in [3.63, 3.8) is 0 Å². The van der Waals surface area contributed by atoms with Crippen molar-refractivity contribution in [1.82, 2.24) is 0 Å². The molecule has 0 amide bonds. The van der Waals surface area contributed by atoms with E-state index in [0.29, 0.717) is 119 Å². The van der Waals surface area contributed by atoms with Crippen molar-refractivity contribution in [1.29, 1.82) is 0 Å². The predicted molar refractivity (Wildman–Crippen MR) is 144 cm³/mol. The fourth-order valence-corrected chi connectivity index (χ4v) is 2.63. The Kier molecular flexibility index (Phi) is 27.9. The van der Waals surface area contributed by atoms with Gasteiger partial charge in [0.15, 0.2) is 0 Å². The van der Waals surface area contributed by atoms with E-state index in [1.165, 1.54) is 0 Å². The summed E-state index contributed by atoms with van der Waals surface area (Å²) in [5.41, 5.74) is -0.506. The molecule has 0 saturated carbocycles. The number of rotatable bonds is 30. The third kappa shape index (κ3) is 35.0. The molecule has 0 spiro atoms. The Morgan fingerprint density at radius 3 is 0.974 bits per heavy atom. The van der Waals surface area contributed by atoms with Gasteiger partial charge in [-0.15, -0.1) is 0 Å². The monoisotopic (exact) mass is 570 g/mol. The van der Waals surface area contributed by atoms with Gasteiger partial charge in [-0.2, -0.15) is 0 Å². The Hall–Kier alpha value is -0.930. The van der Waals surface area contributed by atoms with Crippen LogP contribution < -0.4 is 0 Å².